The molecule has 0 aliphatic carbocycles. The van der Waals surface area contributed by atoms with Crippen LogP contribution in [0.3, 0.4) is 0 Å². The van der Waals surface area contributed by atoms with Crippen molar-refractivity contribution in [3.05, 3.63) is 58.6 Å². The number of carbonyl (C=O) groups is 1. The number of rotatable bonds is 8. The van der Waals surface area contributed by atoms with Crippen LogP contribution in [-0.4, -0.2) is 19.6 Å². The molecule has 7 heteroatoms. The third-order valence-electron chi connectivity index (χ3n) is 3.46. The normalized spacial score (nSPS) is 10.6. The highest BCUT2D eigenvalue weighted by atomic mass is 35.5. The summed E-state index contributed by atoms with van der Waals surface area (Å²) >= 11 is 5.90. The minimum atomic E-state index is -2.95. The second kappa shape index (κ2) is 9.22. The summed E-state index contributed by atoms with van der Waals surface area (Å²) in [5, 5.41) is 3.37. The van der Waals surface area contributed by atoms with Gasteiger partial charge >= 0.3 is 6.61 Å². The van der Waals surface area contributed by atoms with Crippen LogP contribution in [0.4, 0.5) is 8.78 Å². The van der Waals surface area contributed by atoms with E-state index in [0.29, 0.717) is 23.4 Å². The van der Waals surface area contributed by atoms with Gasteiger partial charge in [0.25, 0.3) is 0 Å². The van der Waals surface area contributed by atoms with Gasteiger partial charge in [-0.1, -0.05) is 29.8 Å². The molecule has 0 aromatic heterocycles. The number of aryl methyl sites for hydroxylation is 1. The fraction of sp³-hybridized carbons (Fsp3) is 0.278. The fourth-order valence-corrected chi connectivity index (χ4v) is 2.47. The molecule has 1 N–H and O–H groups in total. The van der Waals surface area contributed by atoms with Crippen molar-refractivity contribution >= 4 is 17.5 Å². The highest BCUT2D eigenvalue weighted by Crippen LogP contribution is 2.29. The number of hydrogen-bond donors (Lipinski definition) is 1. The van der Waals surface area contributed by atoms with Crippen LogP contribution >= 0.6 is 11.6 Å². The van der Waals surface area contributed by atoms with Gasteiger partial charge in [0.1, 0.15) is 0 Å². The molecule has 0 atom stereocenters. The average molecular weight is 370 g/mol. The van der Waals surface area contributed by atoms with Gasteiger partial charge < -0.3 is 14.8 Å². The van der Waals surface area contributed by atoms with E-state index in [1.54, 1.807) is 12.1 Å². The Bertz CT molecular complexity index is 725. The Kier molecular flexibility index (Phi) is 7.01. The predicted octanol–water partition coefficient (Wildman–Crippen LogP) is 4.20. The van der Waals surface area contributed by atoms with Crippen molar-refractivity contribution in [2.75, 3.05) is 7.11 Å². The summed E-state index contributed by atoms with van der Waals surface area (Å²) in [6.07, 6.45) is 0.867. The lowest BCUT2D eigenvalue weighted by molar-refractivity contribution is -0.121. The van der Waals surface area contributed by atoms with Crippen LogP contribution in [0.1, 0.15) is 17.5 Å². The molecular formula is C18H18ClF2NO3. The molecule has 0 aliphatic rings. The molecule has 0 fully saturated rings. The molecule has 0 aliphatic heterocycles. The summed E-state index contributed by atoms with van der Waals surface area (Å²) in [6, 6.07) is 11.9. The number of methoxy groups -OCH3 is 1. The molecule has 2 rings (SSSR count). The molecular weight excluding hydrogens is 352 g/mol. The van der Waals surface area contributed by atoms with Crippen LogP contribution in [0.15, 0.2) is 42.5 Å². The third-order valence-corrected chi connectivity index (χ3v) is 3.70. The number of halogens is 3. The maximum atomic E-state index is 12.4. The molecule has 0 radical (unpaired) electrons. The van der Waals surface area contributed by atoms with Crippen LogP contribution in [-0.2, 0) is 17.8 Å². The molecule has 2 aromatic carbocycles. The lowest BCUT2D eigenvalue weighted by atomic mass is 10.1. The Balaban J connectivity index is 1.88. The number of nitrogens with one attached hydrogen (secondary N) is 1. The smallest absolute Gasteiger partial charge is 0.387 e. The SMILES string of the molecule is COc1ccc(CNC(=O)CCc2cccc(Cl)c2)cc1OC(F)F. The highest BCUT2D eigenvalue weighted by molar-refractivity contribution is 6.30. The van der Waals surface area contributed by atoms with Crippen LogP contribution in [0.5, 0.6) is 11.5 Å². The Labute approximate surface area is 149 Å². The largest absolute Gasteiger partial charge is 0.493 e. The summed E-state index contributed by atoms with van der Waals surface area (Å²) in [7, 11) is 1.37. The first-order chi connectivity index (χ1) is 12.0. The van der Waals surface area contributed by atoms with E-state index in [0.717, 1.165) is 5.56 Å². The second-order valence-corrected chi connectivity index (χ2v) is 5.71. The molecule has 2 aromatic rings. The number of alkyl halides is 2. The Hall–Kier alpha value is -2.34. The maximum absolute atomic E-state index is 12.4. The molecule has 0 heterocycles. The van der Waals surface area contributed by atoms with E-state index in [2.05, 4.69) is 10.1 Å². The van der Waals surface area contributed by atoms with E-state index in [1.807, 2.05) is 18.2 Å². The average Bonchev–Trinajstić information content (AvgIpc) is 2.58. The second-order valence-electron chi connectivity index (χ2n) is 5.27. The van der Waals surface area contributed by atoms with Crippen molar-refractivity contribution in [3.63, 3.8) is 0 Å². The van der Waals surface area contributed by atoms with Gasteiger partial charge in [-0.15, -0.1) is 0 Å². The van der Waals surface area contributed by atoms with Crippen molar-refractivity contribution in [2.24, 2.45) is 0 Å². The van der Waals surface area contributed by atoms with Crippen LogP contribution in [0.25, 0.3) is 0 Å². The van der Waals surface area contributed by atoms with E-state index < -0.39 is 6.61 Å². The van der Waals surface area contributed by atoms with Gasteiger partial charge in [-0.2, -0.15) is 8.78 Å². The Morgan fingerprint density at radius 3 is 2.64 bits per heavy atom. The summed E-state index contributed by atoms with van der Waals surface area (Å²) in [4.78, 5) is 11.9. The van der Waals surface area contributed by atoms with Crippen molar-refractivity contribution in [1.82, 2.24) is 5.32 Å². The first-order valence-electron chi connectivity index (χ1n) is 7.61. The summed E-state index contributed by atoms with van der Waals surface area (Å²) in [6.45, 7) is -2.74. The number of ether oxygens (including phenoxy) is 2. The van der Waals surface area contributed by atoms with E-state index in [9.17, 15) is 13.6 Å². The Morgan fingerprint density at radius 1 is 1.16 bits per heavy atom. The van der Waals surface area contributed by atoms with E-state index in [-0.39, 0.29) is 24.0 Å². The maximum Gasteiger partial charge on any atom is 0.387 e. The minimum Gasteiger partial charge on any atom is -0.493 e. The standard InChI is InChI=1S/C18H18ClF2NO3/c1-24-15-7-5-13(10-16(15)25-18(20)21)11-22-17(23)8-6-12-3-2-4-14(19)9-12/h2-5,7,9-10,18H,6,8,11H2,1H3,(H,22,23). The van der Waals surface area contributed by atoms with Gasteiger partial charge in [-0.3, -0.25) is 4.79 Å². The number of amides is 1. The lowest BCUT2D eigenvalue weighted by Crippen LogP contribution is -2.23. The van der Waals surface area contributed by atoms with Gasteiger partial charge in [0.2, 0.25) is 5.91 Å². The van der Waals surface area contributed by atoms with Crippen molar-refractivity contribution < 1.29 is 23.0 Å². The molecule has 4 nitrogen and oxygen atoms in total. The zero-order chi connectivity index (χ0) is 18.2. The molecule has 1 amide bonds. The van der Waals surface area contributed by atoms with Crippen LogP contribution < -0.4 is 14.8 Å². The third kappa shape index (κ3) is 6.23. The number of carbonyl (C=O) groups excluding carboxylic acids is 1. The predicted molar refractivity (Wildman–Crippen MR) is 91.2 cm³/mol. The number of benzene rings is 2. The van der Waals surface area contributed by atoms with Gasteiger partial charge in [-0.25, -0.2) is 0 Å². The molecule has 0 bridgehead atoms. The molecule has 0 saturated heterocycles. The molecule has 0 spiro atoms. The van der Waals surface area contributed by atoms with Gasteiger partial charge in [0.05, 0.1) is 7.11 Å². The fourth-order valence-electron chi connectivity index (χ4n) is 2.26. The van der Waals surface area contributed by atoms with Crippen molar-refractivity contribution in [1.29, 1.82) is 0 Å². The first kappa shape index (κ1) is 19.0. The summed E-state index contributed by atoms with van der Waals surface area (Å²) < 4.78 is 34.2. The first-order valence-corrected chi connectivity index (χ1v) is 7.98. The van der Waals surface area contributed by atoms with Crippen molar-refractivity contribution in [2.45, 2.75) is 26.0 Å². The van der Waals surface area contributed by atoms with E-state index >= 15 is 0 Å². The van der Waals surface area contributed by atoms with Crippen LogP contribution in [0.2, 0.25) is 5.02 Å². The summed E-state index contributed by atoms with van der Waals surface area (Å²) in [5.74, 6) is -0.00775. The zero-order valence-corrected chi connectivity index (χ0v) is 14.4. The quantitative estimate of drug-likeness (QED) is 0.758. The van der Waals surface area contributed by atoms with Gasteiger partial charge in [0.15, 0.2) is 11.5 Å². The van der Waals surface area contributed by atoms with Gasteiger partial charge in [0, 0.05) is 18.0 Å². The molecule has 0 unspecified atom stereocenters. The van der Waals surface area contributed by atoms with Gasteiger partial charge in [-0.05, 0) is 41.8 Å². The Morgan fingerprint density at radius 2 is 1.96 bits per heavy atom. The lowest BCUT2D eigenvalue weighted by Gasteiger charge is -2.12. The van der Waals surface area contributed by atoms with E-state index in [1.165, 1.54) is 19.2 Å². The molecule has 134 valence electrons. The molecule has 25 heavy (non-hydrogen) atoms. The topological polar surface area (TPSA) is 47.6 Å². The minimum absolute atomic E-state index is 0.0665. The van der Waals surface area contributed by atoms with Crippen LogP contribution in [0, 0.1) is 0 Å². The van der Waals surface area contributed by atoms with E-state index in [4.69, 9.17) is 16.3 Å². The molecule has 0 saturated carbocycles. The van der Waals surface area contributed by atoms with Crippen molar-refractivity contribution in [3.8, 4) is 11.5 Å². The number of hydrogen-bond acceptors (Lipinski definition) is 3. The zero-order valence-electron chi connectivity index (χ0n) is 13.6. The monoisotopic (exact) mass is 369 g/mol. The summed E-state index contributed by atoms with van der Waals surface area (Å²) in [5.41, 5.74) is 1.60. The highest BCUT2D eigenvalue weighted by Gasteiger charge is 2.12.